The number of alkyl halides is 1. The van der Waals surface area contributed by atoms with Gasteiger partial charge < -0.3 is 10.4 Å². The summed E-state index contributed by atoms with van der Waals surface area (Å²) < 4.78 is 29.7. The molecule has 4 rings (SSSR count). The molecule has 0 aromatic carbocycles. The minimum absolute atomic E-state index is 0.0377. The first kappa shape index (κ1) is 17.2. The molecule has 0 fully saturated rings. The van der Waals surface area contributed by atoms with Crippen molar-refractivity contribution in [2.24, 2.45) is 0 Å². The molecule has 1 unspecified atom stereocenters. The Balaban J connectivity index is 1.84. The standard InChI is InChI=1S/C18H16F2N6O/c19-12-1-2-15(13(20)7-12)26-16-10-21-4-3-14(16)25-17(26)11-8-23-18(24-9-11)22-5-6-27/h1-4,8-10,13,27H,5-7H2,(H,22,23,24). The van der Waals surface area contributed by atoms with Gasteiger partial charge in [-0.2, -0.15) is 0 Å². The number of halogens is 2. The van der Waals surface area contributed by atoms with Gasteiger partial charge in [-0.25, -0.2) is 23.7 Å². The number of aliphatic hydroxyl groups is 1. The maximum Gasteiger partial charge on any atom is 0.222 e. The van der Waals surface area contributed by atoms with Gasteiger partial charge >= 0.3 is 0 Å². The van der Waals surface area contributed by atoms with Crippen LogP contribution in [0.15, 0.2) is 48.8 Å². The minimum Gasteiger partial charge on any atom is -0.395 e. The first-order valence-corrected chi connectivity index (χ1v) is 8.37. The van der Waals surface area contributed by atoms with E-state index in [1.807, 2.05) is 0 Å². The van der Waals surface area contributed by atoms with Crippen molar-refractivity contribution >= 4 is 22.7 Å². The third kappa shape index (κ3) is 3.28. The molecule has 1 aliphatic rings. The van der Waals surface area contributed by atoms with Crippen molar-refractivity contribution in [3.63, 3.8) is 0 Å². The van der Waals surface area contributed by atoms with E-state index in [1.165, 1.54) is 12.2 Å². The molecule has 0 spiro atoms. The fourth-order valence-electron chi connectivity index (χ4n) is 2.92. The Morgan fingerprint density at radius 1 is 1.22 bits per heavy atom. The fourth-order valence-corrected chi connectivity index (χ4v) is 2.92. The average Bonchev–Trinajstić information content (AvgIpc) is 3.06. The molecule has 0 bridgehead atoms. The van der Waals surface area contributed by atoms with Gasteiger partial charge in [-0.05, 0) is 18.2 Å². The van der Waals surface area contributed by atoms with Crippen molar-refractivity contribution in [1.82, 2.24) is 24.5 Å². The SMILES string of the molecule is OCCNc1ncc(-c2nc3ccncc3n2C2=CC=C(F)CC2F)cn1. The van der Waals surface area contributed by atoms with E-state index < -0.39 is 12.0 Å². The zero-order valence-electron chi connectivity index (χ0n) is 14.2. The average molecular weight is 370 g/mol. The number of rotatable bonds is 5. The Kier molecular flexibility index (Phi) is 4.59. The second-order valence-electron chi connectivity index (χ2n) is 5.96. The van der Waals surface area contributed by atoms with Crippen LogP contribution in [-0.2, 0) is 0 Å². The van der Waals surface area contributed by atoms with Gasteiger partial charge in [-0.15, -0.1) is 0 Å². The zero-order chi connectivity index (χ0) is 18.8. The number of imidazole rings is 1. The van der Waals surface area contributed by atoms with Crippen LogP contribution in [-0.4, -0.2) is 48.9 Å². The van der Waals surface area contributed by atoms with Crippen LogP contribution in [0.4, 0.5) is 14.7 Å². The van der Waals surface area contributed by atoms with Crippen molar-refractivity contribution in [2.75, 3.05) is 18.5 Å². The topological polar surface area (TPSA) is 88.8 Å². The van der Waals surface area contributed by atoms with Gasteiger partial charge in [-0.1, -0.05) is 0 Å². The number of pyridine rings is 1. The highest BCUT2D eigenvalue weighted by atomic mass is 19.1. The minimum atomic E-state index is -1.50. The molecule has 0 radical (unpaired) electrons. The fraction of sp³-hybridized carbons (Fsp3) is 0.222. The second-order valence-corrected chi connectivity index (χ2v) is 5.96. The van der Waals surface area contributed by atoms with E-state index in [-0.39, 0.29) is 18.7 Å². The Hall–Kier alpha value is -3.20. The third-order valence-electron chi connectivity index (χ3n) is 4.15. The number of aromatic nitrogens is 5. The largest absolute Gasteiger partial charge is 0.395 e. The molecule has 3 aromatic heterocycles. The lowest BCUT2D eigenvalue weighted by Crippen LogP contribution is -2.14. The molecule has 1 atom stereocenters. The van der Waals surface area contributed by atoms with Crippen LogP contribution in [0.5, 0.6) is 0 Å². The molecule has 0 amide bonds. The normalized spacial score (nSPS) is 16.9. The van der Waals surface area contributed by atoms with Crippen molar-refractivity contribution in [3.8, 4) is 11.4 Å². The lowest BCUT2D eigenvalue weighted by molar-refractivity contribution is 0.311. The molecule has 3 heterocycles. The van der Waals surface area contributed by atoms with Crippen LogP contribution in [0.3, 0.4) is 0 Å². The summed E-state index contributed by atoms with van der Waals surface area (Å²) in [5.74, 6) is 0.302. The van der Waals surface area contributed by atoms with Gasteiger partial charge in [0, 0.05) is 31.6 Å². The molecule has 138 valence electrons. The van der Waals surface area contributed by atoms with Crippen LogP contribution >= 0.6 is 0 Å². The highest BCUT2D eigenvalue weighted by Gasteiger charge is 2.25. The molecule has 7 nitrogen and oxygen atoms in total. The van der Waals surface area contributed by atoms with E-state index in [9.17, 15) is 8.78 Å². The Morgan fingerprint density at radius 2 is 2.04 bits per heavy atom. The van der Waals surface area contributed by atoms with Crippen LogP contribution in [0.1, 0.15) is 6.42 Å². The molecular weight excluding hydrogens is 354 g/mol. The summed E-state index contributed by atoms with van der Waals surface area (Å²) in [6.07, 6.45) is 7.17. The lowest BCUT2D eigenvalue weighted by Gasteiger charge is -2.19. The molecule has 3 aromatic rings. The van der Waals surface area contributed by atoms with E-state index in [0.29, 0.717) is 34.9 Å². The van der Waals surface area contributed by atoms with Gasteiger partial charge in [0.2, 0.25) is 5.95 Å². The Bertz CT molecular complexity index is 1030. The number of anilines is 1. The van der Waals surface area contributed by atoms with Crippen LogP contribution in [0, 0.1) is 0 Å². The zero-order valence-corrected chi connectivity index (χ0v) is 14.2. The van der Waals surface area contributed by atoms with Crippen LogP contribution < -0.4 is 5.32 Å². The monoisotopic (exact) mass is 370 g/mol. The quantitative estimate of drug-likeness (QED) is 0.718. The van der Waals surface area contributed by atoms with E-state index in [0.717, 1.165) is 0 Å². The number of fused-ring (bicyclic) bond motifs is 1. The van der Waals surface area contributed by atoms with Gasteiger partial charge in [0.1, 0.15) is 17.8 Å². The molecule has 0 saturated carbocycles. The van der Waals surface area contributed by atoms with E-state index >= 15 is 0 Å². The molecule has 1 aliphatic carbocycles. The van der Waals surface area contributed by atoms with Gasteiger partial charge in [0.15, 0.2) is 0 Å². The first-order chi connectivity index (χ1) is 13.2. The number of nitrogens with one attached hydrogen (secondary N) is 1. The van der Waals surface area contributed by atoms with Gasteiger partial charge in [0.05, 0.1) is 35.1 Å². The second kappa shape index (κ2) is 7.20. The molecule has 0 saturated heterocycles. The highest BCUT2D eigenvalue weighted by Crippen LogP contribution is 2.33. The maximum absolute atomic E-state index is 14.6. The Labute approximate surface area is 153 Å². The summed E-state index contributed by atoms with van der Waals surface area (Å²) in [4.78, 5) is 17.0. The summed E-state index contributed by atoms with van der Waals surface area (Å²) in [6.45, 7) is 0.294. The predicted molar refractivity (Wildman–Crippen MR) is 97.1 cm³/mol. The lowest BCUT2D eigenvalue weighted by atomic mass is 10.1. The number of hydrogen-bond donors (Lipinski definition) is 2. The summed E-state index contributed by atoms with van der Waals surface area (Å²) in [5.41, 5.74) is 2.10. The maximum atomic E-state index is 14.6. The summed E-state index contributed by atoms with van der Waals surface area (Å²) in [5, 5.41) is 11.7. The number of nitrogens with zero attached hydrogens (tertiary/aromatic N) is 5. The molecule has 0 aliphatic heterocycles. The molecule has 9 heteroatoms. The van der Waals surface area contributed by atoms with Crippen LogP contribution in [0.25, 0.3) is 28.1 Å². The van der Waals surface area contributed by atoms with E-state index in [4.69, 9.17) is 5.11 Å². The highest BCUT2D eigenvalue weighted by molar-refractivity contribution is 5.85. The number of allylic oxidation sites excluding steroid dienone is 4. The summed E-state index contributed by atoms with van der Waals surface area (Å²) in [7, 11) is 0. The summed E-state index contributed by atoms with van der Waals surface area (Å²) in [6, 6.07) is 1.72. The molecule has 2 N–H and O–H groups in total. The van der Waals surface area contributed by atoms with E-state index in [2.05, 4.69) is 25.3 Å². The van der Waals surface area contributed by atoms with Crippen molar-refractivity contribution in [2.45, 2.75) is 12.6 Å². The number of hydrogen-bond acceptors (Lipinski definition) is 6. The van der Waals surface area contributed by atoms with Crippen molar-refractivity contribution in [3.05, 3.63) is 48.8 Å². The van der Waals surface area contributed by atoms with Crippen LogP contribution in [0.2, 0.25) is 0 Å². The Morgan fingerprint density at radius 3 is 2.78 bits per heavy atom. The summed E-state index contributed by atoms with van der Waals surface area (Å²) >= 11 is 0. The number of aliphatic hydroxyl groups excluding tert-OH is 1. The van der Waals surface area contributed by atoms with Crippen molar-refractivity contribution < 1.29 is 13.9 Å². The van der Waals surface area contributed by atoms with Crippen molar-refractivity contribution in [1.29, 1.82) is 0 Å². The molecule has 27 heavy (non-hydrogen) atoms. The smallest absolute Gasteiger partial charge is 0.222 e. The van der Waals surface area contributed by atoms with Gasteiger partial charge in [0.25, 0.3) is 0 Å². The van der Waals surface area contributed by atoms with E-state index in [1.54, 1.807) is 35.4 Å². The predicted octanol–water partition coefficient (Wildman–Crippen LogP) is 2.73. The van der Waals surface area contributed by atoms with Gasteiger partial charge in [-0.3, -0.25) is 9.55 Å². The first-order valence-electron chi connectivity index (χ1n) is 8.37. The third-order valence-corrected chi connectivity index (χ3v) is 4.15. The molecular formula is C18H16F2N6O.